The molecule has 2 aromatic rings. The molecule has 0 radical (unpaired) electrons. The molecule has 0 bridgehead atoms. The van der Waals surface area contributed by atoms with Gasteiger partial charge in [-0.2, -0.15) is 0 Å². The molecule has 1 N–H and O–H groups in total. The maximum atomic E-state index is 12.7. The molecule has 0 aromatic heterocycles. The summed E-state index contributed by atoms with van der Waals surface area (Å²) in [7, 11) is 0. The van der Waals surface area contributed by atoms with Crippen molar-refractivity contribution < 1.29 is 9.90 Å². The quantitative estimate of drug-likeness (QED) is 0.754. The Kier molecular flexibility index (Phi) is 4.92. The Morgan fingerprint density at radius 3 is 1.77 bits per heavy atom. The van der Waals surface area contributed by atoms with Gasteiger partial charge in [0.25, 0.3) is 0 Å². The fourth-order valence-corrected chi connectivity index (χ4v) is 2.59. The minimum atomic E-state index is -0.0551. The van der Waals surface area contributed by atoms with E-state index in [1.807, 2.05) is 27.7 Å². The number of hydrogen-bond donors (Lipinski definition) is 1. The molecule has 2 rings (SSSR count). The summed E-state index contributed by atoms with van der Waals surface area (Å²) in [5.74, 6) is 0.545. The number of aromatic hydroxyl groups is 1. The third kappa shape index (κ3) is 3.33. The second-order valence-electron chi connectivity index (χ2n) is 6.15. The summed E-state index contributed by atoms with van der Waals surface area (Å²) in [5, 5.41) is 11.0. The van der Waals surface area contributed by atoms with E-state index in [2.05, 4.69) is 0 Å². The second kappa shape index (κ2) is 6.53. The van der Waals surface area contributed by atoms with Gasteiger partial charge in [0, 0.05) is 16.1 Å². The average Bonchev–Trinajstić information content (AvgIpc) is 2.47. The van der Waals surface area contributed by atoms with Crippen LogP contribution in [0.4, 0.5) is 0 Å². The molecule has 0 fully saturated rings. The van der Waals surface area contributed by atoms with Crippen LogP contribution in [0.1, 0.15) is 66.6 Å². The van der Waals surface area contributed by atoms with Gasteiger partial charge in [0.2, 0.25) is 0 Å². The highest BCUT2D eigenvalue weighted by Gasteiger charge is 2.18. The molecule has 0 aliphatic heterocycles. The molecule has 0 aliphatic rings. The van der Waals surface area contributed by atoms with E-state index in [1.54, 1.807) is 36.4 Å². The zero-order valence-corrected chi connectivity index (χ0v) is 14.1. The highest BCUT2D eigenvalue weighted by atomic mass is 35.5. The molecule has 0 saturated heterocycles. The number of phenols is 1. The van der Waals surface area contributed by atoms with Crippen LogP contribution in [0, 0.1) is 0 Å². The van der Waals surface area contributed by atoms with Crippen molar-refractivity contribution in [3.8, 4) is 5.75 Å². The first kappa shape index (κ1) is 16.6. The van der Waals surface area contributed by atoms with Gasteiger partial charge in [-0.3, -0.25) is 4.79 Å². The summed E-state index contributed by atoms with van der Waals surface area (Å²) in [5.41, 5.74) is 2.82. The van der Waals surface area contributed by atoms with Crippen LogP contribution in [-0.4, -0.2) is 10.9 Å². The number of rotatable bonds is 4. The van der Waals surface area contributed by atoms with Crippen molar-refractivity contribution in [2.24, 2.45) is 0 Å². The summed E-state index contributed by atoms with van der Waals surface area (Å²) < 4.78 is 0. The van der Waals surface area contributed by atoms with Gasteiger partial charge in [0.1, 0.15) is 5.75 Å². The van der Waals surface area contributed by atoms with Crippen molar-refractivity contribution in [1.82, 2.24) is 0 Å². The number of ketones is 1. The summed E-state index contributed by atoms with van der Waals surface area (Å²) >= 11 is 5.87. The van der Waals surface area contributed by atoms with Crippen molar-refractivity contribution in [3.63, 3.8) is 0 Å². The molecule has 0 amide bonds. The Labute approximate surface area is 136 Å². The zero-order chi connectivity index (χ0) is 16.4. The Hall–Kier alpha value is -1.80. The molecule has 0 spiro atoms. The van der Waals surface area contributed by atoms with Crippen molar-refractivity contribution in [2.45, 2.75) is 39.5 Å². The summed E-state index contributed by atoms with van der Waals surface area (Å²) in [4.78, 5) is 12.7. The minimum Gasteiger partial charge on any atom is -0.507 e. The van der Waals surface area contributed by atoms with Crippen molar-refractivity contribution in [2.75, 3.05) is 0 Å². The molecular weight excluding hydrogens is 296 g/mol. The lowest BCUT2D eigenvalue weighted by atomic mass is 9.89. The van der Waals surface area contributed by atoms with E-state index >= 15 is 0 Å². The molecule has 0 atom stereocenters. The number of carbonyl (C=O) groups is 1. The third-order valence-electron chi connectivity index (χ3n) is 3.78. The molecule has 2 aromatic carbocycles. The zero-order valence-electron chi connectivity index (χ0n) is 13.4. The molecule has 116 valence electrons. The highest BCUT2D eigenvalue weighted by Crippen LogP contribution is 2.35. The van der Waals surface area contributed by atoms with Gasteiger partial charge in [0.05, 0.1) is 0 Å². The molecule has 0 saturated carbocycles. The normalized spacial score (nSPS) is 11.2. The highest BCUT2D eigenvalue weighted by molar-refractivity contribution is 6.30. The first-order valence-electron chi connectivity index (χ1n) is 7.48. The van der Waals surface area contributed by atoms with Crippen LogP contribution < -0.4 is 0 Å². The van der Waals surface area contributed by atoms with Crippen LogP contribution in [0.25, 0.3) is 0 Å². The van der Waals surface area contributed by atoms with Gasteiger partial charge in [-0.15, -0.1) is 0 Å². The van der Waals surface area contributed by atoms with E-state index in [-0.39, 0.29) is 17.6 Å². The molecule has 2 nitrogen and oxygen atoms in total. The summed E-state index contributed by atoms with van der Waals surface area (Å²) in [6, 6.07) is 10.5. The van der Waals surface area contributed by atoms with Crippen molar-refractivity contribution in [3.05, 3.63) is 63.7 Å². The minimum absolute atomic E-state index is 0.0551. The number of benzene rings is 2. The first-order valence-corrected chi connectivity index (χ1v) is 7.86. The fraction of sp³-hybridized carbons (Fsp3) is 0.316. The summed E-state index contributed by atoms with van der Waals surface area (Å²) in [6.45, 7) is 8.04. The van der Waals surface area contributed by atoms with Crippen LogP contribution in [0.3, 0.4) is 0 Å². The number of hydrogen-bond acceptors (Lipinski definition) is 2. The predicted molar refractivity (Wildman–Crippen MR) is 91.2 cm³/mol. The summed E-state index contributed by atoms with van der Waals surface area (Å²) in [6.07, 6.45) is 0. The maximum absolute atomic E-state index is 12.7. The molecule has 0 aliphatic carbocycles. The van der Waals surface area contributed by atoms with Crippen LogP contribution in [0.2, 0.25) is 5.02 Å². The predicted octanol–water partition coefficient (Wildman–Crippen LogP) is 5.52. The van der Waals surface area contributed by atoms with Gasteiger partial charge in [-0.25, -0.2) is 0 Å². The number of phenolic OH excluding ortho intramolecular Hbond substituents is 1. The van der Waals surface area contributed by atoms with Gasteiger partial charge in [-0.05, 0) is 59.4 Å². The van der Waals surface area contributed by atoms with Crippen molar-refractivity contribution in [1.29, 1.82) is 0 Å². The second-order valence-corrected chi connectivity index (χ2v) is 6.59. The Morgan fingerprint density at radius 1 is 0.909 bits per heavy atom. The lowest BCUT2D eigenvalue weighted by Crippen LogP contribution is -2.05. The molecule has 0 heterocycles. The molecular formula is C19H21ClO2. The van der Waals surface area contributed by atoms with Gasteiger partial charge >= 0.3 is 0 Å². The Bertz CT molecular complexity index is 656. The smallest absolute Gasteiger partial charge is 0.193 e. The Balaban J connectivity index is 2.55. The SMILES string of the molecule is CC(C)c1cc(C(=O)c2ccc(Cl)cc2)cc(C(C)C)c1O. The van der Waals surface area contributed by atoms with E-state index in [4.69, 9.17) is 11.6 Å². The van der Waals surface area contributed by atoms with Crippen molar-refractivity contribution >= 4 is 17.4 Å². The molecule has 22 heavy (non-hydrogen) atoms. The Morgan fingerprint density at radius 2 is 1.36 bits per heavy atom. The maximum Gasteiger partial charge on any atom is 0.193 e. The number of halogens is 1. The van der Waals surface area contributed by atoms with Gasteiger partial charge in [0.15, 0.2) is 5.78 Å². The van der Waals surface area contributed by atoms with Crippen LogP contribution in [0.15, 0.2) is 36.4 Å². The van der Waals surface area contributed by atoms with Gasteiger partial charge < -0.3 is 5.11 Å². The number of carbonyl (C=O) groups excluding carboxylic acids is 1. The van der Waals surface area contributed by atoms with E-state index < -0.39 is 0 Å². The van der Waals surface area contributed by atoms with Crippen LogP contribution >= 0.6 is 11.6 Å². The molecule has 0 unspecified atom stereocenters. The first-order chi connectivity index (χ1) is 10.3. The fourth-order valence-electron chi connectivity index (χ4n) is 2.46. The third-order valence-corrected chi connectivity index (χ3v) is 4.03. The largest absolute Gasteiger partial charge is 0.507 e. The monoisotopic (exact) mass is 316 g/mol. The topological polar surface area (TPSA) is 37.3 Å². The van der Waals surface area contributed by atoms with E-state index in [0.717, 1.165) is 11.1 Å². The average molecular weight is 317 g/mol. The van der Waals surface area contributed by atoms with Crippen LogP contribution in [0.5, 0.6) is 5.75 Å². The van der Waals surface area contributed by atoms with E-state index in [9.17, 15) is 9.90 Å². The lowest BCUT2D eigenvalue weighted by Gasteiger charge is -2.17. The van der Waals surface area contributed by atoms with Crippen LogP contribution in [-0.2, 0) is 0 Å². The van der Waals surface area contributed by atoms with Gasteiger partial charge in [-0.1, -0.05) is 39.3 Å². The van der Waals surface area contributed by atoms with E-state index in [1.165, 1.54) is 0 Å². The lowest BCUT2D eigenvalue weighted by molar-refractivity contribution is 0.103. The molecule has 3 heteroatoms. The standard InChI is InChI=1S/C19H21ClO2/c1-11(2)16-9-14(10-17(12(3)4)19(16)22)18(21)13-5-7-15(20)8-6-13/h5-12,22H,1-4H3. The van der Waals surface area contributed by atoms with E-state index in [0.29, 0.717) is 21.9 Å².